The average Bonchev–Trinajstić information content (AvgIpc) is 3.53. The second-order valence-electron chi connectivity index (χ2n) is 12.0. The highest BCUT2D eigenvalue weighted by molar-refractivity contribution is 6.65. The Bertz CT molecular complexity index is 1520. The summed E-state index contributed by atoms with van der Waals surface area (Å²) < 4.78 is 94.6. The highest BCUT2D eigenvalue weighted by Crippen LogP contribution is 2.55. The maximum Gasteiger partial charge on any atom is 0.495 e. The summed E-state index contributed by atoms with van der Waals surface area (Å²) in [6.45, 7) is 9.69. The molecule has 0 aliphatic carbocycles. The molecule has 0 spiro atoms. The van der Waals surface area contributed by atoms with Crippen LogP contribution < -0.4 is 15.5 Å². The van der Waals surface area contributed by atoms with Gasteiger partial charge in [0, 0.05) is 34.8 Å². The van der Waals surface area contributed by atoms with Gasteiger partial charge in [0.2, 0.25) is 5.82 Å². The lowest BCUT2D eigenvalue weighted by molar-refractivity contribution is -0.272. The minimum atomic E-state index is -4.88. The number of rotatable bonds is 5. The molecule has 226 valence electrons. The smallest absolute Gasteiger partial charge is 0.493 e. The molecule has 0 unspecified atom stereocenters. The summed E-state index contributed by atoms with van der Waals surface area (Å²) in [7, 11) is 0.281. The maximum atomic E-state index is 14.7. The van der Waals surface area contributed by atoms with Crippen molar-refractivity contribution in [2.45, 2.75) is 76.5 Å². The van der Waals surface area contributed by atoms with Crippen LogP contribution in [0.2, 0.25) is 0 Å². The van der Waals surface area contributed by atoms with E-state index in [0.29, 0.717) is 11.0 Å². The Labute approximate surface area is 240 Å². The van der Waals surface area contributed by atoms with Crippen LogP contribution in [0.5, 0.6) is 5.75 Å². The first-order valence-electron chi connectivity index (χ1n) is 13.5. The van der Waals surface area contributed by atoms with Crippen LogP contribution in [0.25, 0.3) is 10.9 Å². The summed E-state index contributed by atoms with van der Waals surface area (Å²) in [5.41, 5.74) is -2.72. The molecular weight excluding hydrogens is 562 g/mol. The molecular formula is C29H32BF5N2O5. The standard InChI is InChI=1S/C29H32BF5N2O5/c1-14-21(17-8-9-19(31)22(32)23(17)39-7)24(40-28(14,6)29(33,34)35)25(38)37-15-12-18(16-10-11-36-20(16)13-15)30-41-26(2,3)27(4,5)42-30/h8-14,21,24,36H,1-7H3,(H,37,38)/t14-,21-,24+,28+/m0/s1. The van der Waals surface area contributed by atoms with Crippen LogP contribution in [0, 0.1) is 17.6 Å². The quantitative estimate of drug-likeness (QED) is 0.287. The van der Waals surface area contributed by atoms with Crippen molar-refractivity contribution >= 4 is 35.1 Å². The van der Waals surface area contributed by atoms with Crippen LogP contribution >= 0.6 is 0 Å². The Morgan fingerprint density at radius 1 is 1.05 bits per heavy atom. The zero-order valence-electron chi connectivity index (χ0n) is 24.2. The molecule has 4 atom stereocenters. The molecule has 2 saturated heterocycles. The maximum absolute atomic E-state index is 14.7. The van der Waals surface area contributed by atoms with Gasteiger partial charge in [0.1, 0.15) is 6.10 Å². The van der Waals surface area contributed by atoms with Gasteiger partial charge in [-0.15, -0.1) is 0 Å². The first-order valence-corrected chi connectivity index (χ1v) is 13.5. The number of methoxy groups -OCH3 is 1. The fourth-order valence-electron chi connectivity index (χ4n) is 5.69. The molecule has 0 radical (unpaired) electrons. The highest BCUT2D eigenvalue weighted by Gasteiger charge is 2.66. The number of amides is 1. The third kappa shape index (κ3) is 4.66. The third-order valence-electron chi connectivity index (χ3n) is 9.05. The summed E-state index contributed by atoms with van der Waals surface area (Å²) in [5, 5.41) is 3.44. The molecule has 13 heteroatoms. The van der Waals surface area contributed by atoms with E-state index in [4.69, 9.17) is 18.8 Å². The van der Waals surface area contributed by atoms with Crippen LogP contribution in [-0.2, 0) is 18.8 Å². The largest absolute Gasteiger partial charge is 0.495 e. The fraction of sp³-hybridized carbons (Fsp3) is 0.483. The van der Waals surface area contributed by atoms with Crippen LogP contribution in [0.4, 0.5) is 27.6 Å². The van der Waals surface area contributed by atoms with E-state index < -0.39 is 71.3 Å². The van der Waals surface area contributed by atoms with Gasteiger partial charge in [0.05, 0.1) is 18.3 Å². The van der Waals surface area contributed by atoms with Crippen LogP contribution in [0.3, 0.4) is 0 Å². The lowest BCUT2D eigenvalue weighted by Crippen LogP contribution is -2.47. The number of halogens is 5. The molecule has 42 heavy (non-hydrogen) atoms. The van der Waals surface area contributed by atoms with Gasteiger partial charge in [-0.2, -0.15) is 17.6 Å². The minimum absolute atomic E-state index is 0.116. The Hall–Kier alpha value is -3.16. The van der Waals surface area contributed by atoms with Gasteiger partial charge < -0.3 is 29.1 Å². The zero-order chi connectivity index (χ0) is 31.0. The van der Waals surface area contributed by atoms with E-state index in [1.54, 1.807) is 18.3 Å². The predicted octanol–water partition coefficient (Wildman–Crippen LogP) is 5.83. The van der Waals surface area contributed by atoms with Gasteiger partial charge in [-0.1, -0.05) is 13.0 Å². The molecule has 1 amide bonds. The Kier molecular flexibility index (Phi) is 7.18. The van der Waals surface area contributed by atoms with Crippen molar-refractivity contribution in [1.29, 1.82) is 0 Å². The number of hydrogen-bond donors (Lipinski definition) is 2. The van der Waals surface area contributed by atoms with E-state index in [2.05, 4.69) is 10.3 Å². The summed E-state index contributed by atoms with van der Waals surface area (Å²) in [5.74, 6) is -6.81. The third-order valence-corrected chi connectivity index (χ3v) is 9.05. The highest BCUT2D eigenvalue weighted by atomic mass is 19.4. The van der Waals surface area contributed by atoms with Crippen LogP contribution in [-0.4, -0.2) is 54.2 Å². The lowest BCUT2D eigenvalue weighted by atomic mass is 9.76. The Balaban J connectivity index is 1.54. The number of hydrogen-bond acceptors (Lipinski definition) is 5. The first kappa shape index (κ1) is 30.3. The van der Waals surface area contributed by atoms with Crippen molar-refractivity contribution in [2.24, 2.45) is 5.92 Å². The number of aromatic amines is 1. The number of carbonyl (C=O) groups excluding carboxylic acids is 1. The Morgan fingerprint density at radius 2 is 1.69 bits per heavy atom. The lowest BCUT2D eigenvalue weighted by Gasteiger charge is -2.32. The molecule has 2 N–H and O–H groups in total. The SMILES string of the molecule is COc1c([C@H]2[C@H](C(=O)Nc3cc(B4OC(C)(C)C(C)(C)O4)c4cc[nH]c4c3)O[C@@](C)(C(F)(F)F)[C@H]2C)ccc(F)c1F. The summed E-state index contributed by atoms with van der Waals surface area (Å²) in [4.78, 5) is 16.8. The van der Waals surface area contributed by atoms with Gasteiger partial charge in [-0.25, -0.2) is 4.39 Å². The van der Waals surface area contributed by atoms with E-state index in [9.17, 15) is 26.7 Å². The zero-order valence-corrected chi connectivity index (χ0v) is 24.2. The molecule has 2 aliphatic heterocycles. The van der Waals surface area contributed by atoms with Gasteiger partial charge in [0.25, 0.3) is 5.91 Å². The van der Waals surface area contributed by atoms with Crippen molar-refractivity contribution < 1.29 is 45.5 Å². The van der Waals surface area contributed by atoms with E-state index in [1.807, 2.05) is 33.8 Å². The van der Waals surface area contributed by atoms with Gasteiger partial charge in [-0.3, -0.25) is 4.79 Å². The molecule has 0 bridgehead atoms. The number of fused-ring (bicyclic) bond motifs is 1. The molecule has 2 aromatic carbocycles. The van der Waals surface area contributed by atoms with Crippen LogP contribution in [0.15, 0.2) is 36.5 Å². The minimum Gasteiger partial charge on any atom is -0.493 e. The topological polar surface area (TPSA) is 81.8 Å². The van der Waals surface area contributed by atoms with Gasteiger partial charge >= 0.3 is 13.3 Å². The molecule has 1 aromatic heterocycles. The Morgan fingerprint density at radius 3 is 2.29 bits per heavy atom. The molecule has 3 heterocycles. The number of benzene rings is 2. The number of carbonyl (C=O) groups is 1. The number of anilines is 1. The van der Waals surface area contributed by atoms with E-state index in [0.717, 1.165) is 31.6 Å². The number of aromatic nitrogens is 1. The first-order chi connectivity index (χ1) is 19.4. The van der Waals surface area contributed by atoms with Crippen molar-refractivity contribution in [3.63, 3.8) is 0 Å². The molecule has 5 rings (SSSR count). The fourth-order valence-corrected chi connectivity index (χ4v) is 5.69. The average molecular weight is 594 g/mol. The number of nitrogens with one attached hydrogen (secondary N) is 2. The normalized spacial score (nSPS) is 27.0. The van der Waals surface area contributed by atoms with Crippen molar-refractivity contribution in [2.75, 3.05) is 12.4 Å². The van der Waals surface area contributed by atoms with Gasteiger partial charge in [0.15, 0.2) is 17.2 Å². The second-order valence-corrected chi connectivity index (χ2v) is 12.0. The van der Waals surface area contributed by atoms with Crippen LogP contribution in [0.1, 0.15) is 53.0 Å². The van der Waals surface area contributed by atoms with Gasteiger partial charge in [-0.05, 0) is 69.7 Å². The van der Waals surface area contributed by atoms with Crippen molar-refractivity contribution in [1.82, 2.24) is 4.98 Å². The molecule has 7 nitrogen and oxygen atoms in total. The van der Waals surface area contributed by atoms with Crippen molar-refractivity contribution in [3.05, 3.63) is 53.7 Å². The predicted molar refractivity (Wildman–Crippen MR) is 147 cm³/mol. The van der Waals surface area contributed by atoms with E-state index >= 15 is 0 Å². The number of H-pyrrole nitrogens is 1. The summed E-state index contributed by atoms with van der Waals surface area (Å²) in [6, 6.07) is 6.98. The summed E-state index contributed by atoms with van der Waals surface area (Å²) in [6.07, 6.45) is -4.91. The van der Waals surface area contributed by atoms with Crippen molar-refractivity contribution in [3.8, 4) is 5.75 Å². The molecule has 3 aromatic rings. The summed E-state index contributed by atoms with van der Waals surface area (Å²) >= 11 is 0. The van der Waals surface area contributed by atoms with E-state index in [1.165, 1.54) is 6.92 Å². The molecule has 2 aliphatic rings. The number of ether oxygens (including phenoxy) is 2. The van der Waals surface area contributed by atoms with E-state index in [-0.39, 0.29) is 11.3 Å². The molecule has 0 saturated carbocycles. The second kappa shape index (κ2) is 9.95. The monoisotopic (exact) mass is 594 g/mol. The molecule has 2 fully saturated rings. The number of alkyl halides is 3.